The summed E-state index contributed by atoms with van der Waals surface area (Å²) in [7, 11) is 0. The fraction of sp³-hybridized carbons (Fsp3) is 0.529. The van der Waals surface area contributed by atoms with Crippen molar-refractivity contribution in [2.24, 2.45) is 5.92 Å². The van der Waals surface area contributed by atoms with E-state index in [0.717, 1.165) is 12.0 Å². The van der Waals surface area contributed by atoms with Crippen LogP contribution in [0.2, 0.25) is 0 Å². The quantitative estimate of drug-likeness (QED) is 0.897. The van der Waals surface area contributed by atoms with E-state index in [0.29, 0.717) is 18.1 Å². The summed E-state index contributed by atoms with van der Waals surface area (Å²) in [4.78, 5) is 20.1. The lowest BCUT2D eigenvalue weighted by atomic mass is 10.1. The van der Waals surface area contributed by atoms with Crippen molar-refractivity contribution in [1.82, 2.24) is 0 Å². The molecule has 0 aliphatic carbocycles. The molecule has 0 amide bonds. The number of Topliss-reactive ketones (excluding diaryl/α,β-unsaturated/α-hetero) is 2. The zero-order valence-corrected chi connectivity index (χ0v) is 13.6. The molecule has 0 aromatic heterocycles. The molecule has 0 unspecified atom stereocenters. The zero-order valence-electron chi connectivity index (χ0n) is 13.6. The third-order valence-electron chi connectivity index (χ3n) is 2.20. The van der Waals surface area contributed by atoms with Gasteiger partial charge < -0.3 is 14.7 Å². The molecule has 0 spiro atoms. The summed E-state index contributed by atoms with van der Waals surface area (Å²) in [5, 5.41) is 8.81. The van der Waals surface area contributed by atoms with Crippen molar-refractivity contribution < 1.29 is 14.7 Å². The number of ketones is 2. The Hall–Kier alpha value is -1.64. The second-order valence-electron chi connectivity index (χ2n) is 5.19. The van der Waals surface area contributed by atoms with Crippen molar-refractivity contribution in [3.63, 3.8) is 0 Å². The van der Waals surface area contributed by atoms with Gasteiger partial charge in [0.2, 0.25) is 0 Å². The largest absolute Gasteiger partial charge is 0.508 e. The van der Waals surface area contributed by atoms with Crippen molar-refractivity contribution >= 4 is 11.6 Å². The highest BCUT2D eigenvalue weighted by Crippen LogP contribution is 2.08. The van der Waals surface area contributed by atoms with E-state index < -0.39 is 0 Å². The fourth-order valence-corrected chi connectivity index (χ4v) is 1.20. The Morgan fingerprint density at radius 3 is 1.80 bits per heavy atom. The van der Waals surface area contributed by atoms with Crippen LogP contribution in [0.3, 0.4) is 0 Å². The monoisotopic (exact) mass is 280 g/mol. The Bertz CT molecular complexity index is 378. The molecule has 1 rings (SSSR count). The first-order valence-corrected chi connectivity index (χ1v) is 6.93. The van der Waals surface area contributed by atoms with E-state index in [1.807, 2.05) is 39.8 Å². The average Bonchev–Trinajstić information content (AvgIpc) is 2.28. The SMILES string of the molecule is CC(=O)CC(C)C.CCC(C)=O.Cc1cccc(O)c1. The number of aromatic hydroxyl groups is 1. The van der Waals surface area contributed by atoms with Gasteiger partial charge in [0.15, 0.2) is 0 Å². The van der Waals surface area contributed by atoms with Crippen molar-refractivity contribution in [2.45, 2.75) is 54.4 Å². The van der Waals surface area contributed by atoms with Gasteiger partial charge in [0.25, 0.3) is 0 Å². The molecule has 0 atom stereocenters. The minimum absolute atomic E-state index is 0.255. The second kappa shape index (κ2) is 12.4. The van der Waals surface area contributed by atoms with Gasteiger partial charge in [-0.3, -0.25) is 0 Å². The van der Waals surface area contributed by atoms with E-state index >= 15 is 0 Å². The van der Waals surface area contributed by atoms with Crippen LogP contribution < -0.4 is 0 Å². The smallest absolute Gasteiger partial charge is 0.130 e. The van der Waals surface area contributed by atoms with Gasteiger partial charge in [-0.25, -0.2) is 0 Å². The Morgan fingerprint density at radius 2 is 1.65 bits per heavy atom. The van der Waals surface area contributed by atoms with Crippen LogP contribution in [0.25, 0.3) is 0 Å². The van der Waals surface area contributed by atoms with Crippen LogP contribution in [0.15, 0.2) is 24.3 Å². The molecule has 3 nitrogen and oxygen atoms in total. The highest BCUT2D eigenvalue weighted by molar-refractivity contribution is 5.75. The van der Waals surface area contributed by atoms with Crippen LogP contribution in [0, 0.1) is 12.8 Å². The molecule has 0 heterocycles. The first-order chi connectivity index (χ1) is 9.18. The van der Waals surface area contributed by atoms with Gasteiger partial charge in [-0.05, 0) is 44.4 Å². The molecule has 0 saturated heterocycles. The predicted molar refractivity (Wildman–Crippen MR) is 84.0 cm³/mol. The lowest BCUT2D eigenvalue weighted by Gasteiger charge is -1.95. The van der Waals surface area contributed by atoms with E-state index in [4.69, 9.17) is 5.11 Å². The molecule has 0 aliphatic heterocycles. The molecule has 20 heavy (non-hydrogen) atoms. The molecular formula is C17H28O3. The summed E-state index contributed by atoms with van der Waals surface area (Å²) in [6.07, 6.45) is 1.39. The number of aryl methyl sites for hydroxylation is 1. The van der Waals surface area contributed by atoms with Gasteiger partial charge in [0, 0.05) is 12.8 Å². The molecule has 0 saturated carbocycles. The first kappa shape index (κ1) is 20.7. The van der Waals surface area contributed by atoms with Gasteiger partial charge in [0.05, 0.1) is 0 Å². The summed E-state index contributed by atoms with van der Waals surface area (Å²) >= 11 is 0. The highest BCUT2D eigenvalue weighted by atomic mass is 16.3. The first-order valence-electron chi connectivity index (χ1n) is 6.93. The number of hydrogen-bond donors (Lipinski definition) is 1. The molecule has 1 N–H and O–H groups in total. The van der Waals surface area contributed by atoms with Gasteiger partial charge in [-0.2, -0.15) is 0 Å². The predicted octanol–water partition coefficient (Wildman–Crippen LogP) is 4.31. The van der Waals surface area contributed by atoms with E-state index in [-0.39, 0.29) is 11.6 Å². The van der Waals surface area contributed by atoms with Crippen LogP contribution >= 0.6 is 0 Å². The van der Waals surface area contributed by atoms with Crippen LogP contribution in [0.1, 0.15) is 53.0 Å². The maximum Gasteiger partial charge on any atom is 0.130 e. The fourth-order valence-electron chi connectivity index (χ4n) is 1.20. The van der Waals surface area contributed by atoms with Crippen molar-refractivity contribution in [1.29, 1.82) is 0 Å². The molecule has 0 fully saturated rings. The molecule has 1 aromatic rings. The molecule has 0 radical (unpaired) electrons. The zero-order chi connectivity index (χ0) is 16.1. The summed E-state index contributed by atoms with van der Waals surface area (Å²) in [6.45, 7) is 11.1. The van der Waals surface area contributed by atoms with Crippen LogP contribution in [0.4, 0.5) is 0 Å². The van der Waals surface area contributed by atoms with E-state index in [1.165, 1.54) is 0 Å². The maximum absolute atomic E-state index is 10.3. The second-order valence-corrected chi connectivity index (χ2v) is 5.19. The number of hydrogen-bond acceptors (Lipinski definition) is 3. The molecule has 3 heteroatoms. The lowest BCUT2D eigenvalue weighted by molar-refractivity contribution is -0.118. The van der Waals surface area contributed by atoms with Crippen LogP contribution in [0.5, 0.6) is 5.75 Å². The third kappa shape index (κ3) is 18.7. The molecule has 0 bridgehead atoms. The topological polar surface area (TPSA) is 54.4 Å². The standard InChI is InChI=1S/C7H8O.C6H12O.C4H8O/c1-6-3-2-4-7(8)5-6;1-5(2)4-6(3)7;1-3-4(2)5/h2-5,8H,1H3;5H,4H2,1-3H3;3H2,1-2H3. The Kier molecular flexibility index (Phi) is 12.8. The molecule has 1 aromatic carbocycles. The van der Waals surface area contributed by atoms with E-state index in [2.05, 4.69) is 0 Å². The summed E-state index contributed by atoms with van der Waals surface area (Å²) < 4.78 is 0. The van der Waals surface area contributed by atoms with E-state index in [1.54, 1.807) is 26.0 Å². The number of rotatable bonds is 3. The van der Waals surface area contributed by atoms with Crippen molar-refractivity contribution in [3.05, 3.63) is 29.8 Å². The van der Waals surface area contributed by atoms with Crippen LogP contribution in [-0.2, 0) is 9.59 Å². The van der Waals surface area contributed by atoms with Gasteiger partial charge in [-0.1, -0.05) is 32.9 Å². The van der Waals surface area contributed by atoms with Gasteiger partial charge >= 0.3 is 0 Å². The third-order valence-corrected chi connectivity index (χ3v) is 2.20. The number of phenols is 1. The summed E-state index contributed by atoms with van der Waals surface area (Å²) in [5.41, 5.74) is 1.09. The minimum atomic E-state index is 0.255. The Labute approximate surface area is 123 Å². The lowest BCUT2D eigenvalue weighted by Crippen LogP contribution is -1.95. The van der Waals surface area contributed by atoms with Gasteiger partial charge in [-0.15, -0.1) is 0 Å². The number of benzene rings is 1. The molecule has 114 valence electrons. The van der Waals surface area contributed by atoms with Crippen molar-refractivity contribution in [2.75, 3.05) is 0 Å². The minimum Gasteiger partial charge on any atom is -0.508 e. The summed E-state index contributed by atoms with van der Waals surface area (Å²) in [6, 6.07) is 7.15. The number of carbonyl (C=O) groups is 2. The average molecular weight is 280 g/mol. The van der Waals surface area contributed by atoms with E-state index in [9.17, 15) is 9.59 Å². The summed E-state index contributed by atoms with van der Waals surface area (Å²) in [5.74, 6) is 1.41. The number of carbonyl (C=O) groups excluding carboxylic acids is 2. The normalized spacial score (nSPS) is 8.95. The molecule has 0 aliphatic rings. The van der Waals surface area contributed by atoms with Crippen molar-refractivity contribution in [3.8, 4) is 5.75 Å². The number of phenolic OH excluding ortho intramolecular Hbond substituents is 1. The maximum atomic E-state index is 10.3. The Balaban J connectivity index is 0. The highest BCUT2D eigenvalue weighted by Gasteiger charge is 1.95. The van der Waals surface area contributed by atoms with Crippen LogP contribution in [-0.4, -0.2) is 16.7 Å². The molecular weight excluding hydrogens is 252 g/mol. The van der Waals surface area contributed by atoms with Gasteiger partial charge in [0.1, 0.15) is 17.3 Å². The Morgan fingerprint density at radius 1 is 1.15 bits per heavy atom.